The highest BCUT2D eigenvalue weighted by molar-refractivity contribution is 6.34. The second kappa shape index (κ2) is 11.3. The third kappa shape index (κ3) is 6.25. The van der Waals surface area contributed by atoms with Gasteiger partial charge >= 0.3 is 19.2 Å². The molecule has 1 N–H and O–H groups in total. The summed E-state index contributed by atoms with van der Waals surface area (Å²) in [5.74, 6) is -3.18. The van der Waals surface area contributed by atoms with Crippen molar-refractivity contribution in [3.63, 3.8) is 0 Å². The van der Waals surface area contributed by atoms with E-state index in [0.29, 0.717) is 12.8 Å². The Hall–Kier alpha value is -3.51. The molecule has 1 aliphatic carbocycles. The number of benzene rings is 2. The van der Waals surface area contributed by atoms with Crippen molar-refractivity contribution in [3.8, 4) is 28.6 Å². The second-order valence-corrected chi connectivity index (χ2v) is 8.40. The number of hydrogen-bond acceptors (Lipinski definition) is 7. The molecule has 8 nitrogen and oxygen atoms in total. The van der Waals surface area contributed by atoms with Crippen LogP contribution in [0, 0.1) is 5.92 Å². The molecule has 4 rings (SSSR count). The molecule has 0 radical (unpaired) electrons. The summed E-state index contributed by atoms with van der Waals surface area (Å²) in [5, 5.41) is 9.20. The van der Waals surface area contributed by atoms with E-state index >= 15 is 0 Å². The van der Waals surface area contributed by atoms with E-state index in [1.54, 1.807) is 6.07 Å². The van der Waals surface area contributed by atoms with Gasteiger partial charge < -0.3 is 28.5 Å². The Bertz CT molecular complexity index is 1340. The predicted molar refractivity (Wildman–Crippen MR) is 122 cm³/mol. The lowest BCUT2D eigenvalue weighted by Gasteiger charge is -2.32. The molecule has 0 bridgehead atoms. The Morgan fingerprint density at radius 2 is 1.70 bits per heavy atom. The van der Waals surface area contributed by atoms with Gasteiger partial charge in [-0.3, -0.25) is 9.59 Å². The molecule has 0 aliphatic heterocycles. The number of halogens is 5. The van der Waals surface area contributed by atoms with Crippen molar-refractivity contribution >= 4 is 28.5 Å². The fraction of sp³-hybridized carbons (Fsp3) is 0.333. The van der Waals surface area contributed by atoms with Gasteiger partial charge in [-0.1, -0.05) is 17.7 Å². The van der Waals surface area contributed by atoms with Gasteiger partial charge in [0.05, 0.1) is 34.6 Å². The number of carbonyl (C=O) groups is 1. The molecule has 1 aromatic heterocycles. The topological polar surface area (TPSA) is 104 Å². The first-order valence-corrected chi connectivity index (χ1v) is 11.3. The van der Waals surface area contributed by atoms with E-state index in [9.17, 15) is 27.2 Å². The Morgan fingerprint density at radius 1 is 1.03 bits per heavy atom. The number of rotatable bonds is 11. The molecule has 37 heavy (non-hydrogen) atoms. The van der Waals surface area contributed by atoms with Gasteiger partial charge in [0.15, 0.2) is 22.5 Å². The van der Waals surface area contributed by atoms with Crippen molar-refractivity contribution in [3.05, 3.63) is 51.6 Å². The summed E-state index contributed by atoms with van der Waals surface area (Å²) >= 11 is 6.15. The SMILES string of the molecule is O=C(O)C1CC(OCCOc2cc(OC(F)F)c(OC(F)F)cc2-c2cc(=O)c3cccc(Cl)c3o2)C1. The smallest absolute Gasteiger partial charge is 0.387 e. The number of para-hydroxylation sites is 1. The largest absolute Gasteiger partial charge is 0.490 e. The molecule has 3 aromatic rings. The molecule has 1 aliphatic rings. The summed E-state index contributed by atoms with van der Waals surface area (Å²) in [4.78, 5) is 23.6. The van der Waals surface area contributed by atoms with Crippen LogP contribution in [0.2, 0.25) is 5.02 Å². The van der Waals surface area contributed by atoms with Crippen molar-refractivity contribution < 1.29 is 50.8 Å². The zero-order chi connectivity index (χ0) is 26.7. The van der Waals surface area contributed by atoms with E-state index < -0.39 is 42.0 Å². The van der Waals surface area contributed by atoms with Gasteiger partial charge in [-0.25, -0.2) is 0 Å². The van der Waals surface area contributed by atoms with Crippen LogP contribution < -0.4 is 19.6 Å². The summed E-state index contributed by atoms with van der Waals surface area (Å²) < 4.78 is 77.5. The van der Waals surface area contributed by atoms with Gasteiger partial charge in [0.1, 0.15) is 18.1 Å². The van der Waals surface area contributed by atoms with E-state index in [-0.39, 0.29) is 52.4 Å². The standard InChI is InChI=1S/C24H19ClF4O8/c25-15-3-1-2-13-16(30)9-18(35-21(13)15)14-8-19(36-23(26)27)20(37-24(28)29)10-17(14)34-5-4-33-12-6-11(7-12)22(31)32/h1-3,8-12,23-24H,4-7H2,(H,31,32). The van der Waals surface area contributed by atoms with E-state index in [4.69, 9.17) is 30.6 Å². The van der Waals surface area contributed by atoms with Gasteiger partial charge in [0.2, 0.25) is 0 Å². The van der Waals surface area contributed by atoms with E-state index in [0.717, 1.165) is 18.2 Å². The van der Waals surface area contributed by atoms with Gasteiger partial charge in [-0.2, -0.15) is 17.6 Å². The van der Waals surface area contributed by atoms with Crippen LogP contribution in [-0.2, 0) is 9.53 Å². The second-order valence-electron chi connectivity index (χ2n) is 7.99. The molecule has 13 heteroatoms. The average molecular weight is 547 g/mol. The van der Waals surface area contributed by atoms with E-state index in [2.05, 4.69) is 9.47 Å². The van der Waals surface area contributed by atoms with Gasteiger partial charge in [0.25, 0.3) is 0 Å². The molecule has 0 unspecified atom stereocenters. The zero-order valence-electron chi connectivity index (χ0n) is 18.8. The summed E-state index contributed by atoms with van der Waals surface area (Å²) in [6.07, 6.45) is 0.412. The minimum absolute atomic E-state index is 0.00423. The normalized spacial score (nSPS) is 17.2. The highest BCUT2D eigenvalue weighted by Gasteiger charge is 2.35. The fourth-order valence-corrected chi connectivity index (χ4v) is 3.99. The number of ether oxygens (including phenoxy) is 4. The van der Waals surface area contributed by atoms with Crippen LogP contribution in [0.1, 0.15) is 12.8 Å². The minimum atomic E-state index is -3.37. The molecular weight excluding hydrogens is 528 g/mol. The molecular formula is C24H19ClF4O8. The molecule has 0 spiro atoms. The van der Waals surface area contributed by atoms with E-state index in [1.807, 2.05) is 0 Å². The Kier molecular flexibility index (Phi) is 8.08. The molecule has 1 heterocycles. The van der Waals surface area contributed by atoms with Gasteiger partial charge in [-0.05, 0) is 31.0 Å². The first-order chi connectivity index (χ1) is 17.6. The van der Waals surface area contributed by atoms with Gasteiger partial charge in [-0.15, -0.1) is 0 Å². The molecule has 2 aromatic carbocycles. The number of alkyl halides is 4. The van der Waals surface area contributed by atoms with Crippen molar-refractivity contribution in [2.75, 3.05) is 13.2 Å². The predicted octanol–water partition coefficient (Wildman–Crippen LogP) is 5.57. The maximum absolute atomic E-state index is 13.0. The Labute approximate surface area is 211 Å². The van der Waals surface area contributed by atoms with Crippen LogP contribution in [-0.4, -0.2) is 43.6 Å². The number of hydrogen-bond donors (Lipinski definition) is 1. The van der Waals surface area contributed by atoms with Crippen molar-refractivity contribution in [1.29, 1.82) is 0 Å². The molecule has 0 saturated heterocycles. The Balaban J connectivity index is 1.66. The van der Waals surface area contributed by atoms with Crippen LogP contribution in [0.5, 0.6) is 17.2 Å². The lowest BCUT2D eigenvalue weighted by molar-refractivity contribution is -0.151. The third-order valence-electron chi connectivity index (χ3n) is 5.59. The molecule has 1 saturated carbocycles. The first-order valence-electron chi connectivity index (χ1n) is 10.9. The first kappa shape index (κ1) is 26.6. The summed E-state index contributed by atoms with van der Waals surface area (Å²) in [5.41, 5.74) is -0.566. The van der Waals surface area contributed by atoms with Gasteiger partial charge in [0, 0.05) is 12.1 Å². The number of fused-ring (bicyclic) bond motifs is 1. The quantitative estimate of drug-likeness (QED) is 0.246. The summed E-state index contributed by atoms with van der Waals surface area (Å²) in [6, 6.07) is 7.39. The monoisotopic (exact) mass is 546 g/mol. The zero-order valence-corrected chi connectivity index (χ0v) is 19.6. The van der Waals surface area contributed by atoms with E-state index in [1.165, 1.54) is 12.1 Å². The third-order valence-corrected chi connectivity index (χ3v) is 5.89. The fourth-order valence-electron chi connectivity index (χ4n) is 3.77. The van der Waals surface area contributed by atoms with Crippen molar-refractivity contribution in [2.24, 2.45) is 5.92 Å². The number of carboxylic acids is 1. The molecule has 1 fully saturated rings. The summed E-state index contributed by atoms with van der Waals surface area (Å²) in [6.45, 7) is -6.86. The highest BCUT2D eigenvalue weighted by atomic mass is 35.5. The maximum atomic E-state index is 13.0. The molecule has 0 atom stereocenters. The molecule has 0 amide bonds. The van der Waals surface area contributed by atoms with Crippen LogP contribution in [0.3, 0.4) is 0 Å². The number of aliphatic carboxylic acids is 1. The van der Waals surface area contributed by atoms with Crippen LogP contribution in [0.15, 0.2) is 45.6 Å². The van der Waals surface area contributed by atoms with Crippen molar-refractivity contribution in [2.45, 2.75) is 32.2 Å². The minimum Gasteiger partial charge on any atom is -0.490 e. The molecule has 198 valence electrons. The van der Waals surface area contributed by atoms with Crippen LogP contribution >= 0.6 is 11.6 Å². The average Bonchev–Trinajstić information content (AvgIpc) is 2.78. The van der Waals surface area contributed by atoms with Crippen molar-refractivity contribution in [1.82, 2.24) is 0 Å². The maximum Gasteiger partial charge on any atom is 0.387 e. The highest BCUT2D eigenvalue weighted by Crippen LogP contribution is 2.42. The summed E-state index contributed by atoms with van der Waals surface area (Å²) in [7, 11) is 0. The van der Waals surface area contributed by atoms with Crippen LogP contribution in [0.25, 0.3) is 22.3 Å². The lowest BCUT2D eigenvalue weighted by atomic mass is 9.82. The Morgan fingerprint density at radius 3 is 2.35 bits per heavy atom. The number of carboxylic acid groups (broad SMARTS) is 1. The lowest BCUT2D eigenvalue weighted by Crippen LogP contribution is -2.37. The van der Waals surface area contributed by atoms with Crippen LogP contribution in [0.4, 0.5) is 17.6 Å².